The number of aliphatic hydroxyl groups excluding tert-OH is 1. The first-order valence-corrected chi connectivity index (χ1v) is 4.42. The molecule has 1 aromatic carbocycles. The lowest BCUT2D eigenvalue weighted by atomic mass is 10.1. The maximum Gasteiger partial charge on any atom is 0.268 e. The summed E-state index contributed by atoms with van der Waals surface area (Å²) < 4.78 is 34.1. The number of rotatable bonds is 4. The van der Waals surface area contributed by atoms with Crippen LogP contribution in [-0.4, -0.2) is 30.9 Å². The topological polar surface area (TPSA) is 58.9 Å². The van der Waals surface area contributed by atoms with Gasteiger partial charge in [-0.2, -0.15) is 0 Å². The number of aliphatic hydroxyl groups is 1. The van der Waals surface area contributed by atoms with E-state index in [0.29, 0.717) is 0 Å². The van der Waals surface area contributed by atoms with Crippen LogP contribution in [0, 0.1) is 0 Å². The van der Waals surface area contributed by atoms with Crippen LogP contribution >= 0.6 is 0 Å². The SMILES string of the molecule is COc1cc(C(O)C(F)F)cc(OC)c1O. The van der Waals surface area contributed by atoms with E-state index in [1.807, 2.05) is 0 Å². The number of phenolic OH excluding ortho intramolecular Hbond substituents is 1. The number of hydrogen-bond donors (Lipinski definition) is 2. The fraction of sp³-hybridized carbons (Fsp3) is 0.400. The smallest absolute Gasteiger partial charge is 0.268 e. The van der Waals surface area contributed by atoms with Crippen LogP contribution in [-0.2, 0) is 0 Å². The van der Waals surface area contributed by atoms with Crippen molar-refractivity contribution in [2.75, 3.05) is 14.2 Å². The van der Waals surface area contributed by atoms with E-state index in [4.69, 9.17) is 9.47 Å². The van der Waals surface area contributed by atoms with Crippen LogP contribution in [0.2, 0.25) is 0 Å². The Morgan fingerprint density at radius 1 is 1.12 bits per heavy atom. The quantitative estimate of drug-likeness (QED) is 0.832. The molecular weight excluding hydrogens is 222 g/mol. The average molecular weight is 234 g/mol. The zero-order valence-corrected chi connectivity index (χ0v) is 8.78. The Labute approximate surface area is 91.0 Å². The van der Waals surface area contributed by atoms with Crippen molar-refractivity contribution in [2.24, 2.45) is 0 Å². The molecule has 0 aliphatic heterocycles. The summed E-state index contributed by atoms with van der Waals surface area (Å²) in [6.07, 6.45) is -4.86. The molecule has 0 saturated heterocycles. The fourth-order valence-corrected chi connectivity index (χ4v) is 1.23. The summed E-state index contributed by atoms with van der Waals surface area (Å²) >= 11 is 0. The Morgan fingerprint density at radius 3 is 1.88 bits per heavy atom. The Morgan fingerprint density at radius 2 is 1.56 bits per heavy atom. The molecule has 1 rings (SSSR count). The molecule has 0 aliphatic carbocycles. The second-order valence-electron chi connectivity index (χ2n) is 3.05. The number of halogens is 2. The van der Waals surface area contributed by atoms with Crippen LogP contribution in [0.4, 0.5) is 8.78 Å². The summed E-state index contributed by atoms with van der Waals surface area (Å²) in [6.45, 7) is 0. The first-order chi connectivity index (χ1) is 7.51. The van der Waals surface area contributed by atoms with E-state index < -0.39 is 12.5 Å². The monoisotopic (exact) mass is 234 g/mol. The van der Waals surface area contributed by atoms with Crippen molar-refractivity contribution in [3.8, 4) is 17.2 Å². The Kier molecular flexibility index (Phi) is 3.89. The lowest BCUT2D eigenvalue weighted by Crippen LogP contribution is -2.08. The van der Waals surface area contributed by atoms with Crippen LogP contribution in [0.1, 0.15) is 11.7 Å². The van der Waals surface area contributed by atoms with Crippen LogP contribution in [0.15, 0.2) is 12.1 Å². The third-order valence-electron chi connectivity index (χ3n) is 2.08. The first kappa shape index (κ1) is 12.5. The summed E-state index contributed by atoms with van der Waals surface area (Å²) in [6, 6.07) is 2.27. The zero-order valence-electron chi connectivity index (χ0n) is 8.78. The molecule has 2 N–H and O–H groups in total. The van der Waals surface area contributed by atoms with Gasteiger partial charge in [0.25, 0.3) is 6.43 Å². The number of aromatic hydroxyl groups is 1. The summed E-state index contributed by atoms with van der Waals surface area (Å²) in [7, 11) is 2.54. The Bertz CT molecular complexity index is 343. The average Bonchev–Trinajstić information content (AvgIpc) is 2.28. The predicted molar refractivity (Wildman–Crippen MR) is 52.2 cm³/mol. The van der Waals surface area contributed by atoms with E-state index in [2.05, 4.69) is 0 Å². The number of phenols is 1. The molecule has 0 heterocycles. The molecule has 6 heteroatoms. The second kappa shape index (κ2) is 4.98. The van der Waals surface area contributed by atoms with Gasteiger partial charge in [-0.05, 0) is 17.7 Å². The number of methoxy groups -OCH3 is 2. The molecule has 90 valence electrons. The van der Waals surface area contributed by atoms with Gasteiger partial charge in [-0.1, -0.05) is 0 Å². The van der Waals surface area contributed by atoms with E-state index in [0.717, 1.165) is 12.1 Å². The summed E-state index contributed by atoms with van der Waals surface area (Å²) in [5.41, 5.74) is -0.0819. The lowest BCUT2D eigenvalue weighted by Gasteiger charge is -2.14. The van der Waals surface area contributed by atoms with Crippen LogP contribution in [0.3, 0.4) is 0 Å². The highest BCUT2D eigenvalue weighted by Crippen LogP contribution is 2.39. The minimum absolute atomic E-state index is 0.0333. The van der Waals surface area contributed by atoms with Gasteiger partial charge in [-0.25, -0.2) is 8.78 Å². The number of hydrogen-bond acceptors (Lipinski definition) is 4. The normalized spacial score (nSPS) is 12.6. The maximum absolute atomic E-state index is 12.3. The van der Waals surface area contributed by atoms with Crippen molar-refractivity contribution >= 4 is 0 Å². The minimum Gasteiger partial charge on any atom is -0.502 e. The molecular formula is C10H12F2O4. The van der Waals surface area contributed by atoms with Crippen molar-refractivity contribution in [3.05, 3.63) is 17.7 Å². The van der Waals surface area contributed by atoms with Crippen LogP contribution in [0.5, 0.6) is 17.2 Å². The highest BCUT2D eigenvalue weighted by molar-refractivity contribution is 5.53. The van der Waals surface area contributed by atoms with Crippen LogP contribution < -0.4 is 9.47 Å². The summed E-state index contributed by atoms with van der Waals surface area (Å²) in [5, 5.41) is 18.7. The van der Waals surface area contributed by atoms with Crippen molar-refractivity contribution in [1.29, 1.82) is 0 Å². The van der Waals surface area contributed by atoms with Crippen molar-refractivity contribution in [3.63, 3.8) is 0 Å². The van der Waals surface area contributed by atoms with Gasteiger partial charge in [0, 0.05) is 0 Å². The molecule has 1 aromatic rings. The molecule has 4 nitrogen and oxygen atoms in total. The number of alkyl halides is 2. The molecule has 0 amide bonds. The molecule has 0 spiro atoms. The zero-order chi connectivity index (χ0) is 12.3. The molecule has 1 unspecified atom stereocenters. The minimum atomic E-state index is -2.92. The van der Waals surface area contributed by atoms with Gasteiger partial charge in [0.2, 0.25) is 5.75 Å². The van der Waals surface area contributed by atoms with E-state index >= 15 is 0 Å². The second-order valence-corrected chi connectivity index (χ2v) is 3.05. The molecule has 0 aromatic heterocycles. The van der Waals surface area contributed by atoms with Gasteiger partial charge in [0.05, 0.1) is 14.2 Å². The molecule has 0 saturated carbocycles. The fourth-order valence-electron chi connectivity index (χ4n) is 1.23. The van der Waals surface area contributed by atoms with Gasteiger partial charge in [-0.3, -0.25) is 0 Å². The van der Waals surface area contributed by atoms with Gasteiger partial charge < -0.3 is 19.7 Å². The van der Waals surface area contributed by atoms with E-state index in [9.17, 15) is 19.0 Å². The summed E-state index contributed by atoms with van der Waals surface area (Å²) in [4.78, 5) is 0. The van der Waals surface area contributed by atoms with Crippen molar-refractivity contribution < 1.29 is 28.5 Å². The highest BCUT2D eigenvalue weighted by atomic mass is 19.3. The van der Waals surface area contributed by atoms with Gasteiger partial charge >= 0.3 is 0 Å². The largest absolute Gasteiger partial charge is 0.502 e. The highest BCUT2D eigenvalue weighted by Gasteiger charge is 2.22. The molecule has 0 aliphatic rings. The van der Waals surface area contributed by atoms with Gasteiger partial charge in [0.15, 0.2) is 11.5 Å². The number of ether oxygens (including phenoxy) is 2. The first-order valence-electron chi connectivity index (χ1n) is 4.42. The summed E-state index contributed by atoms with van der Waals surface area (Å²) in [5.74, 6) is -0.363. The molecule has 0 bridgehead atoms. The Balaban J connectivity index is 3.21. The molecule has 0 fully saturated rings. The Hall–Kier alpha value is -1.56. The van der Waals surface area contributed by atoms with Gasteiger partial charge in [-0.15, -0.1) is 0 Å². The molecule has 0 radical (unpaired) electrons. The third kappa shape index (κ3) is 2.33. The van der Waals surface area contributed by atoms with E-state index in [1.165, 1.54) is 14.2 Å². The van der Waals surface area contributed by atoms with E-state index in [-0.39, 0.29) is 22.8 Å². The van der Waals surface area contributed by atoms with Crippen molar-refractivity contribution in [2.45, 2.75) is 12.5 Å². The molecule has 1 atom stereocenters. The van der Waals surface area contributed by atoms with Crippen molar-refractivity contribution in [1.82, 2.24) is 0 Å². The lowest BCUT2D eigenvalue weighted by molar-refractivity contribution is -0.00600. The van der Waals surface area contributed by atoms with E-state index in [1.54, 1.807) is 0 Å². The molecule has 16 heavy (non-hydrogen) atoms. The maximum atomic E-state index is 12.3. The number of benzene rings is 1. The predicted octanol–water partition coefficient (Wildman–Crippen LogP) is 1.71. The van der Waals surface area contributed by atoms with Crippen LogP contribution in [0.25, 0.3) is 0 Å². The van der Waals surface area contributed by atoms with Gasteiger partial charge in [0.1, 0.15) is 6.10 Å². The third-order valence-corrected chi connectivity index (χ3v) is 2.08. The standard InChI is InChI=1S/C10H12F2O4/c1-15-6-3-5(8(13)10(11)12)4-7(16-2)9(6)14/h3-4,8,10,13-14H,1-2H3.